The predicted molar refractivity (Wildman–Crippen MR) is 120 cm³/mol. The molecule has 0 radical (unpaired) electrons. The number of benzene rings is 1. The molecular formula is C25H42N2O2. The van der Waals surface area contributed by atoms with Gasteiger partial charge < -0.3 is 14.7 Å². The highest BCUT2D eigenvalue weighted by Crippen LogP contribution is 2.35. The number of hydrogen-bond donors (Lipinski definition) is 1. The highest BCUT2D eigenvalue weighted by molar-refractivity contribution is 5.14. The highest BCUT2D eigenvalue weighted by atomic mass is 16.5. The summed E-state index contributed by atoms with van der Waals surface area (Å²) in [6.45, 7) is 13.6. The zero-order chi connectivity index (χ0) is 20.6. The van der Waals surface area contributed by atoms with E-state index in [0.717, 1.165) is 58.0 Å². The number of aliphatic hydroxyl groups excluding tert-OH is 1. The summed E-state index contributed by atoms with van der Waals surface area (Å²) in [5.41, 5.74) is 1.42. The molecule has 0 spiro atoms. The summed E-state index contributed by atoms with van der Waals surface area (Å²) in [6, 6.07) is 10.7. The molecule has 0 bridgehead atoms. The van der Waals surface area contributed by atoms with Crippen LogP contribution in [0.1, 0.15) is 45.6 Å². The minimum atomic E-state index is -0.379. The Morgan fingerprint density at radius 3 is 2.41 bits per heavy atom. The summed E-state index contributed by atoms with van der Waals surface area (Å²) in [7, 11) is 0. The quantitative estimate of drug-likeness (QED) is 0.683. The summed E-state index contributed by atoms with van der Waals surface area (Å²) in [5, 5.41) is 10.6. The van der Waals surface area contributed by atoms with E-state index in [-0.39, 0.29) is 6.10 Å². The fourth-order valence-electron chi connectivity index (χ4n) is 5.02. The summed E-state index contributed by atoms with van der Waals surface area (Å²) < 4.78 is 6.25. The number of rotatable bonds is 9. The maximum atomic E-state index is 10.6. The second-order valence-electron chi connectivity index (χ2n) is 9.73. The molecule has 4 heteroatoms. The lowest BCUT2D eigenvalue weighted by Gasteiger charge is -2.38. The van der Waals surface area contributed by atoms with Gasteiger partial charge in [-0.15, -0.1) is 0 Å². The van der Waals surface area contributed by atoms with Gasteiger partial charge in [-0.1, -0.05) is 57.5 Å². The van der Waals surface area contributed by atoms with Crippen LogP contribution in [0, 0.1) is 17.8 Å². The van der Waals surface area contributed by atoms with Crippen molar-refractivity contribution >= 4 is 0 Å². The Balaban J connectivity index is 1.33. The van der Waals surface area contributed by atoms with Crippen molar-refractivity contribution in [3.05, 3.63) is 35.9 Å². The Bertz CT molecular complexity index is 571. The van der Waals surface area contributed by atoms with Crippen molar-refractivity contribution in [2.24, 2.45) is 17.8 Å². The predicted octanol–water partition coefficient (Wildman–Crippen LogP) is 3.69. The molecule has 2 aliphatic rings. The van der Waals surface area contributed by atoms with Crippen molar-refractivity contribution in [3.63, 3.8) is 0 Å². The summed E-state index contributed by atoms with van der Waals surface area (Å²) in [5.74, 6) is 2.05. The van der Waals surface area contributed by atoms with Gasteiger partial charge in [-0.3, -0.25) is 4.90 Å². The van der Waals surface area contributed by atoms with Crippen LogP contribution < -0.4 is 0 Å². The van der Waals surface area contributed by atoms with Crippen LogP contribution in [0.3, 0.4) is 0 Å². The van der Waals surface area contributed by atoms with Crippen LogP contribution in [-0.4, -0.2) is 73.0 Å². The number of β-amino-alcohol motifs (C(OH)–C–C–N with tert-alkyl or cyclic N) is 1. The van der Waals surface area contributed by atoms with Crippen molar-refractivity contribution < 1.29 is 9.84 Å². The number of piperazine rings is 1. The van der Waals surface area contributed by atoms with E-state index in [1.54, 1.807) is 0 Å². The monoisotopic (exact) mass is 402 g/mol. The third-order valence-electron chi connectivity index (χ3n) is 6.96. The molecule has 0 aromatic heterocycles. The fourth-order valence-corrected chi connectivity index (χ4v) is 5.02. The Labute approximate surface area is 178 Å². The molecule has 1 N–H and O–H groups in total. The molecule has 1 aromatic rings. The van der Waals surface area contributed by atoms with E-state index in [0.29, 0.717) is 24.5 Å². The van der Waals surface area contributed by atoms with Gasteiger partial charge in [0.25, 0.3) is 0 Å². The van der Waals surface area contributed by atoms with Crippen LogP contribution in [0.25, 0.3) is 0 Å². The number of nitrogens with zero attached hydrogens (tertiary/aromatic N) is 2. The number of ether oxygens (including phenoxy) is 1. The van der Waals surface area contributed by atoms with E-state index in [4.69, 9.17) is 4.74 Å². The molecule has 4 nitrogen and oxygen atoms in total. The van der Waals surface area contributed by atoms with E-state index in [1.165, 1.54) is 18.4 Å². The molecular weight excluding hydrogens is 360 g/mol. The van der Waals surface area contributed by atoms with Crippen LogP contribution >= 0.6 is 0 Å². The molecule has 0 amide bonds. The van der Waals surface area contributed by atoms with Crippen molar-refractivity contribution in [2.75, 3.05) is 45.9 Å². The first-order chi connectivity index (χ1) is 14.0. The van der Waals surface area contributed by atoms with E-state index < -0.39 is 0 Å². The molecule has 164 valence electrons. The lowest BCUT2D eigenvalue weighted by Crippen LogP contribution is -2.49. The standard InChI is InChI=1S/C25H42N2O2/c1-20(2)24-10-9-21(3)17-25(24)29-19-23(28)18-27-15-13-26(14-16-27)12-11-22-7-5-4-6-8-22/h4-8,20-21,23-25,28H,9-19H2,1-3H3. The van der Waals surface area contributed by atoms with Crippen LogP contribution in [-0.2, 0) is 11.2 Å². The topological polar surface area (TPSA) is 35.9 Å². The van der Waals surface area contributed by atoms with Crippen LogP contribution in [0.5, 0.6) is 0 Å². The van der Waals surface area contributed by atoms with E-state index in [9.17, 15) is 5.11 Å². The molecule has 4 unspecified atom stereocenters. The molecule has 1 heterocycles. The second kappa shape index (κ2) is 11.5. The molecule has 1 aliphatic heterocycles. The third kappa shape index (κ3) is 7.36. The van der Waals surface area contributed by atoms with Crippen molar-refractivity contribution in [1.29, 1.82) is 0 Å². The van der Waals surface area contributed by atoms with Crippen molar-refractivity contribution in [1.82, 2.24) is 9.80 Å². The van der Waals surface area contributed by atoms with Crippen LogP contribution in [0.4, 0.5) is 0 Å². The molecule has 3 rings (SSSR count). The Kier molecular flexibility index (Phi) is 8.98. The van der Waals surface area contributed by atoms with Gasteiger partial charge in [-0.05, 0) is 42.6 Å². The average Bonchev–Trinajstić information content (AvgIpc) is 2.72. The lowest BCUT2D eigenvalue weighted by atomic mass is 9.75. The van der Waals surface area contributed by atoms with Crippen LogP contribution in [0.2, 0.25) is 0 Å². The first-order valence-electron chi connectivity index (χ1n) is 11.8. The molecule has 29 heavy (non-hydrogen) atoms. The van der Waals surface area contributed by atoms with Gasteiger partial charge in [0.1, 0.15) is 0 Å². The first kappa shape index (κ1) is 22.7. The van der Waals surface area contributed by atoms with Crippen molar-refractivity contribution in [3.8, 4) is 0 Å². The molecule has 2 fully saturated rings. The van der Waals surface area contributed by atoms with E-state index in [1.807, 2.05) is 0 Å². The second-order valence-corrected chi connectivity index (χ2v) is 9.73. The number of aliphatic hydroxyl groups is 1. The van der Waals surface area contributed by atoms with Gasteiger partial charge in [-0.25, -0.2) is 0 Å². The summed E-state index contributed by atoms with van der Waals surface area (Å²) in [6.07, 6.45) is 4.80. The Morgan fingerprint density at radius 2 is 1.72 bits per heavy atom. The Morgan fingerprint density at radius 1 is 1.03 bits per heavy atom. The minimum absolute atomic E-state index is 0.322. The zero-order valence-corrected chi connectivity index (χ0v) is 18.8. The van der Waals surface area contributed by atoms with Gasteiger partial charge in [0.2, 0.25) is 0 Å². The Hall–Kier alpha value is -0.940. The van der Waals surface area contributed by atoms with Crippen LogP contribution in [0.15, 0.2) is 30.3 Å². The highest BCUT2D eigenvalue weighted by Gasteiger charge is 2.32. The maximum absolute atomic E-state index is 10.6. The third-order valence-corrected chi connectivity index (χ3v) is 6.96. The van der Waals surface area contributed by atoms with Gasteiger partial charge >= 0.3 is 0 Å². The zero-order valence-electron chi connectivity index (χ0n) is 18.8. The molecule has 1 saturated carbocycles. The van der Waals surface area contributed by atoms with Gasteiger partial charge in [0, 0.05) is 39.3 Å². The summed E-state index contributed by atoms with van der Waals surface area (Å²) in [4.78, 5) is 4.94. The maximum Gasteiger partial charge on any atom is 0.0900 e. The largest absolute Gasteiger partial charge is 0.389 e. The van der Waals surface area contributed by atoms with E-state index >= 15 is 0 Å². The molecule has 4 atom stereocenters. The lowest BCUT2D eigenvalue weighted by molar-refractivity contribution is -0.0754. The normalized spacial score (nSPS) is 28.0. The minimum Gasteiger partial charge on any atom is -0.389 e. The molecule has 1 aliphatic carbocycles. The fraction of sp³-hybridized carbons (Fsp3) is 0.760. The SMILES string of the molecule is CC1CCC(C(C)C)C(OCC(O)CN2CCN(CCc3ccccc3)CC2)C1. The van der Waals surface area contributed by atoms with Crippen molar-refractivity contribution in [2.45, 2.75) is 58.7 Å². The van der Waals surface area contributed by atoms with Gasteiger partial charge in [0.15, 0.2) is 0 Å². The van der Waals surface area contributed by atoms with Gasteiger partial charge in [-0.2, -0.15) is 0 Å². The van der Waals surface area contributed by atoms with Gasteiger partial charge in [0.05, 0.1) is 18.8 Å². The first-order valence-corrected chi connectivity index (χ1v) is 11.8. The average molecular weight is 403 g/mol. The number of hydrogen-bond acceptors (Lipinski definition) is 4. The van der Waals surface area contributed by atoms with E-state index in [2.05, 4.69) is 60.9 Å². The smallest absolute Gasteiger partial charge is 0.0900 e. The molecule has 1 aromatic carbocycles. The molecule has 1 saturated heterocycles. The summed E-state index contributed by atoms with van der Waals surface area (Å²) >= 11 is 0.